The fraction of sp³-hybridized carbons (Fsp3) is 0.421. The lowest BCUT2D eigenvalue weighted by molar-refractivity contribution is 0.0682. The van der Waals surface area contributed by atoms with Crippen LogP contribution in [0.1, 0.15) is 34.4 Å². The van der Waals surface area contributed by atoms with Crippen molar-refractivity contribution in [2.45, 2.75) is 19.9 Å². The standard InChI is InChI=1S/C19H24N8O2/c1-11-10-29-8-7-26(3)18(28)16-13(9-27(4)25-16)5-6-14-17-15(24-23-14)12(2)21-19(20-11)22-17/h5-6,9,11H,7-8,10H2,1-4H3,(H,23,24)(H,20,21,22)/b6-5+/t11-/m1/s1. The lowest BCUT2D eigenvalue weighted by Crippen LogP contribution is -2.32. The van der Waals surface area contributed by atoms with Crippen molar-refractivity contribution in [1.29, 1.82) is 0 Å². The van der Waals surface area contributed by atoms with Gasteiger partial charge >= 0.3 is 0 Å². The van der Waals surface area contributed by atoms with E-state index in [0.29, 0.717) is 42.4 Å². The van der Waals surface area contributed by atoms with E-state index in [4.69, 9.17) is 4.74 Å². The number of rotatable bonds is 0. The topological polar surface area (TPSA) is 114 Å². The fourth-order valence-electron chi connectivity index (χ4n) is 3.21. The zero-order valence-corrected chi connectivity index (χ0v) is 16.9. The number of ether oxygens (including phenoxy) is 1. The molecule has 10 heteroatoms. The molecule has 1 aliphatic rings. The van der Waals surface area contributed by atoms with Crippen LogP contribution in [0.2, 0.25) is 0 Å². The highest BCUT2D eigenvalue weighted by Crippen LogP contribution is 2.21. The van der Waals surface area contributed by atoms with Gasteiger partial charge in [-0.3, -0.25) is 14.6 Å². The van der Waals surface area contributed by atoms with Gasteiger partial charge in [0.05, 0.1) is 24.6 Å². The van der Waals surface area contributed by atoms with Crippen LogP contribution in [0.15, 0.2) is 6.20 Å². The quantitative estimate of drug-likeness (QED) is 0.591. The molecule has 0 aromatic carbocycles. The first-order valence-electron chi connectivity index (χ1n) is 9.46. The number of fused-ring (bicyclic) bond motifs is 2. The van der Waals surface area contributed by atoms with E-state index in [1.807, 2.05) is 32.2 Å². The molecule has 0 unspecified atom stereocenters. The summed E-state index contributed by atoms with van der Waals surface area (Å²) >= 11 is 0. The summed E-state index contributed by atoms with van der Waals surface area (Å²) < 4.78 is 7.36. The van der Waals surface area contributed by atoms with Crippen LogP contribution in [0.25, 0.3) is 23.2 Å². The van der Waals surface area contributed by atoms with Crippen LogP contribution in [0.3, 0.4) is 0 Å². The van der Waals surface area contributed by atoms with Gasteiger partial charge in [0.2, 0.25) is 5.95 Å². The maximum absolute atomic E-state index is 12.8. The smallest absolute Gasteiger partial charge is 0.274 e. The van der Waals surface area contributed by atoms with Gasteiger partial charge in [0, 0.05) is 38.4 Å². The summed E-state index contributed by atoms with van der Waals surface area (Å²) in [6.07, 6.45) is 5.51. The molecule has 4 rings (SSSR count). The summed E-state index contributed by atoms with van der Waals surface area (Å²) in [5.74, 6) is 0.380. The van der Waals surface area contributed by atoms with Gasteiger partial charge in [0.1, 0.15) is 11.0 Å². The first-order chi connectivity index (χ1) is 13.9. The second-order valence-corrected chi connectivity index (χ2v) is 7.25. The van der Waals surface area contributed by atoms with Gasteiger partial charge in [0.15, 0.2) is 5.69 Å². The van der Waals surface area contributed by atoms with Gasteiger partial charge in [-0.1, -0.05) is 0 Å². The summed E-state index contributed by atoms with van der Waals surface area (Å²) in [6.45, 7) is 5.26. The highest BCUT2D eigenvalue weighted by Gasteiger charge is 2.19. The second-order valence-electron chi connectivity index (χ2n) is 7.25. The van der Waals surface area contributed by atoms with Gasteiger partial charge in [-0.2, -0.15) is 10.2 Å². The van der Waals surface area contributed by atoms with Crippen molar-refractivity contribution < 1.29 is 9.53 Å². The molecule has 0 fully saturated rings. The second kappa shape index (κ2) is 7.63. The molecular weight excluding hydrogens is 372 g/mol. The molecule has 29 heavy (non-hydrogen) atoms. The first kappa shape index (κ1) is 19.1. The third kappa shape index (κ3) is 3.83. The van der Waals surface area contributed by atoms with Gasteiger partial charge in [0.25, 0.3) is 5.91 Å². The van der Waals surface area contributed by atoms with E-state index in [1.165, 1.54) is 0 Å². The van der Waals surface area contributed by atoms with E-state index < -0.39 is 0 Å². The van der Waals surface area contributed by atoms with Gasteiger partial charge in [-0.15, -0.1) is 0 Å². The van der Waals surface area contributed by atoms with Crippen LogP contribution in [0, 0.1) is 6.92 Å². The molecule has 2 N–H and O–H groups in total. The minimum absolute atomic E-state index is 0.00838. The predicted molar refractivity (Wildman–Crippen MR) is 109 cm³/mol. The number of nitrogens with one attached hydrogen (secondary N) is 2. The lowest BCUT2D eigenvalue weighted by Gasteiger charge is -2.18. The number of hydrogen-bond acceptors (Lipinski definition) is 7. The zero-order chi connectivity index (χ0) is 20.5. The highest BCUT2D eigenvalue weighted by molar-refractivity contribution is 5.97. The predicted octanol–water partition coefficient (Wildman–Crippen LogP) is 1.47. The van der Waals surface area contributed by atoms with Crippen molar-refractivity contribution in [3.63, 3.8) is 0 Å². The molecule has 2 bridgehead atoms. The Labute approximate surface area is 168 Å². The maximum Gasteiger partial charge on any atom is 0.274 e. The number of aromatic amines is 1. The Morgan fingerprint density at radius 1 is 1.21 bits per heavy atom. The molecule has 0 spiro atoms. The maximum atomic E-state index is 12.8. The van der Waals surface area contributed by atoms with Crippen LogP contribution in [-0.4, -0.2) is 73.6 Å². The Morgan fingerprint density at radius 3 is 2.86 bits per heavy atom. The molecule has 3 aromatic rings. The molecule has 0 radical (unpaired) electrons. The molecule has 10 nitrogen and oxygen atoms in total. The normalized spacial score (nSPS) is 19.4. The average molecular weight is 396 g/mol. The number of anilines is 1. The Hall–Kier alpha value is -3.27. The molecule has 152 valence electrons. The Kier molecular flexibility index (Phi) is 5.01. The Bertz CT molecular complexity index is 1080. The number of carbonyl (C=O) groups is 1. The third-order valence-electron chi connectivity index (χ3n) is 4.75. The minimum atomic E-state index is -0.151. The average Bonchev–Trinajstić information content (AvgIpc) is 3.25. The van der Waals surface area contributed by atoms with Crippen LogP contribution >= 0.6 is 0 Å². The lowest BCUT2D eigenvalue weighted by atomic mass is 10.2. The summed E-state index contributed by atoms with van der Waals surface area (Å²) in [5, 5.41) is 15.0. The first-order valence-corrected chi connectivity index (χ1v) is 9.46. The summed E-state index contributed by atoms with van der Waals surface area (Å²) in [4.78, 5) is 23.6. The molecule has 1 aliphatic heterocycles. The van der Waals surface area contributed by atoms with Gasteiger partial charge in [-0.25, -0.2) is 9.97 Å². The number of carbonyl (C=O) groups excluding carboxylic acids is 1. The number of likely N-dealkylation sites (N-methyl/N-ethyl adjacent to an activating group) is 1. The number of amides is 1. The van der Waals surface area contributed by atoms with Crippen molar-refractivity contribution in [1.82, 2.24) is 34.8 Å². The van der Waals surface area contributed by atoms with Crippen LogP contribution in [-0.2, 0) is 11.8 Å². The number of aryl methyl sites for hydroxylation is 2. The minimum Gasteiger partial charge on any atom is -0.377 e. The van der Waals surface area contributed by atoms with E-state index in [1.54, 1.807) is 23.7 Å². The largest absolute Gasteiger partial charge is 0.377 e. The third-order valence-corrected chi connectivity index (χ3v) is 4.75. The van der Waals surface area contributed by atoms with Crippen molar-refractivity contribution in [2.75, 3.05) is 32.1 Å². The molecule has 0 aliphatic carbocycles. The highest BCUT2D eigenvalue weighted by atomic mass is 16.5. The molecule has 0 saturated heterocycles. The Balaban J connectivity index is 1.80. The number of hydrogen-bond donors (Lipinski definition) is 2. The van der Waals surface area contributed by atoms with Crippen LogP contribution in [0.5, 0.6) is 0 Å². The van der Waals surface area contributed by atoms with Crippen LogP contribution < -0.4 is 5.32 Å². The number of aromatic nitrogens is 6. The number of H-pyrrole nitrogens is 1. The molecule has 1 amide bonds. The van der Waals surface area contributed by atoms with Crippen LogP contribution in [0.4, 0.5) is 5.95 Å². The summed E-state index contributed by atoms with van der Waals surface area (Å²) in [5.41, 5.74) is 4.05. The van der Waals surface area contributed by atoms with Crippen molar-refractivity contribution in [3.05, 3.63) is 28.8 Å². The summed E-state index contributed by atoms with van der Waals surface area (Å²) in [7, 11) is 3.54. The number of nitrogens with zero attached hydrogens (tertiary/aromatic N) is 6. The van der Waals surface area contributed by atoms with Crippen molar-refractivity contribution >= 4 is 35.0 Å². The van der Waals surface area contributed by atoms with Gasteiger partial charge in [-0.05, 0) is 26.0 Å². The van der Waals surface area contributed by atoms with E-state index >= 15 is 0 Å². The fourth-order valence-corrected chi connectivity index (χ4v) is 3.21. The molecule has 1 atom stereocenters. The van der Waals surface area contributed by atoms with Gasteiger partial charge < -0.3 is 15.0 Å². The molecule has 0 saturated carbocycles. The molecule has 3 aromatic heterocycles. The van der Waals surface area contributed by atoms with E-state index in [0.717, 1.165) is 17.0 Å². The van der Waals surface area contributed by atoms with E-state index in [2.05, 4.69) is 30.6 Å². The van der Waals surface area contributed by atoms with Crippen molar-refractivity contribution in [2.24, 2.45) is 7.05 Å². The summed E-state index contributed by atoms with van der Waals surface area (Å²) in [6, 6.07) is 0.00838. The monoisotopic (exact) mass is 396 g/mol. The van der Waals surface area contributed by atoms with E-state index in [9.17, 15) is 4.79 Å². The SMILES string of the molecule is Cc1nc2nc3c([nH]nc13)/C=C/c1cn(C)nc1C(=O)N(C)CCOC[C@@H](C)N2. The van der Waals surface area contributed by atoms with Crippen molar-refractivity contribution in [3.8, 4) is 0 Å². The molecular formula is C19H24N8O2. The zero-order valence-electron chi connectivity index (χ0n) is 16.9. The molecule has 4 heterocycles. The Morgan fingerprint density at radius 2 is 2.03 bits per heavy atom. The van der Waals surface area contributed by atoms with E-state index in [-0.39, 0.29) is 11.9 Å².